The van der Waals surface area contributed by atoms with Gasteiger partial charge in [-0.1, -0.05) is 0 Å². The standard InChI is InChI=1S/C15H20N4O4/c1-2-23-12-10(13(20)21)11(16-9-17-12)18-14-7-15(14,8-14)19-3-5-22-6-4-19/h9H,2-8H2,1H3,(H,20,21)(H,16,17,18). The SMILES string of the molecule is CCOc1ncnc(NC23CC2(N2CCOCC2)C3)c1C(=O)O. The van der Waals surface area contributed by atoms with Crippen molar-refractivity contribution in [1.29, 1.82) is 0 Å². The Morgan fingerprint density at radius 2 is 2.17 bits per heavy atom. The van der Waals surface area contributed by atoms with E-state index in [4.69, 9.17) is 9.47 Å². The Morgan fingerprint density at radius 1 is 1.43 bits per heavy atom. The number of carbonyl (C=O) groups is 1. The Morgan fingerprint density at radius 3 is 2.83 bits per heavy atom. The summed E-state index contributed by atoms with van der Waals surface area (Å²) in [4.78, 5) is 22.1. The second-order valence-electron chi connectivity index (χ2n) is 6.33. The highest BCUT2D eigenvalue weighted by atomic mass is 16.5. The van der Waals surface area contributed by atoms with Crippen molar-refractivity contribution in [3.8, 4) is 5.88 Å². The fraction of sp³-hybridized carbons (Fsp3) is 0.667. The molecule has 3 fully saturated rings. The van der Waals surface area contributed by atoms with Gasteiger partial charge in [0, 0.05) is 18.6 Å². The van der Waals surface area contributed by atoms with E-state index in [1.54, 1.807) is 6.92 Å². The maximum absolute atomic E-state index is 11.6. The predicted molar refractivity (Wildman–Crippen MR) is 80.9 cm³/mol. The molecule has 8 nitrogen and oxygen atoms in total. The number of aromatic nitrogens is 2. The van der Waals surface area contributed by atoms with E-state index in [2.05, 4.69) is 20.2 Å². The molecule has 0 unspecified atom stereocenters. The first-order chi connectivity index (χ1) is 11.1. The number of nitrogens with one attached hydrogen (secondary N) is 1. The monoisotopic (exact) mass is 320 g/mol. The molecule has 2 aliphatic carbocycles. The number of fused-ring (bicyclic) bond motifs is 1. The highest BCUT2D eigenvalue weighted by Gasteiger charge is 2.86. The number of carboxylic acid groups (broad SMARTS) is 1. The van der Waals surface area contributed by atoms with Gasteiger partial charge < -0.3 is 19.9 Å². The largest absolute Gasteiger partial charge is 0.477 e. The van der Waals surface area contributed by atoms with Gasteiger partial charge in [0.15, 0.2) is 5.56 Å². The van der Waals surface area contributed by atoms with E-state index < -0.39 is 5.97 Å². The molecule has 0 aromatic carbocycles. The van der Waals surface area contributed by atoms with Crippen molar-refractivity contribution < 1.29 is 19.4 Å². The van der Waals surface area contributed by atoms with Crippen molar-refractivity contribution in [1.82, 2.24) is 14.9 Å². The number of hydrogen-bond acceptors (Lipinski definition) is 7. The summed E-state index contributed by atoms with van der Waals surface area (Å²) in [5, 5.41) is 12.8. The van der Waals surface area contributed by atoms with Gasteiger partial charge in [-0.25, -0.2) is 14.8 Å². The van der Waals surface area contributed by atoms with Gasteiger partial charge in [0.1, 0.15) is 12.1 Å². The zero-order valence-electron chi connectivity index (χ0n) is 13.0. The second-order valence-corrected chi connectivity index (χ2v) is 6.33. The van der Waals surface area contributed by atoms with E-state index in [0.717, 1.165) is 39.1 Å². The Hall–Kier alpha value is -1.93. The first-order valence-corrected chi connectivity index (χ1v) is 7.94. The van der Waals surface area contributed by atoms with E-state index in [-0.39, 0.29) is 22.5 Å². The molecule has 1 aliphatic heterocycles. The van der Waals surface area contributed by atoms with Gasteiger partial charge >= 0.3 is 5.97 Å². The third-order valence-corrected chi connectivity index (χ3v) is 5.11. The number of carboxylic acids is 1. The Kier molecular flexibility index (Phi) is 3.21. The number of nitrogens with zero attached hydrogens (tertiary/aromatic N) is 3. The molecule has 0 atom stereocenters. The molecule has 2 heterocycles. The van der Waals surface area contributed by atoms with Crippen LogP contribution in [-0.4, -0.2) is 69.9 Å². The number of morpholine rings is 1. The average Bonchev–Trinajstić information content (AvgIpc) is 3.35. The fourth-order valence-electron chi connectivity index (χ4n) is 3.71. The van der Waals surface area contributed by atoms with Gasteiger partial charge in [-0.2, -0.15) is 0 Å². The molecule has 23 heavy (non-hydrogen) atoms. The van der Waals surface area contributed by atoms with Crippen molar-refractivity contribution in [2.24, 2.45) is 0 Å². The molecule has 124 valence electrons. The first kappa shape index (κ1) is 14.6. The van der Waals surface area contributed by atoms with Crippen LogP contribution in [0.25, 0.3) is 0 Å². The number of aromatic carboxylic acids is 1. The van der Waals surface area contributed by atoms with Crippen molar-refractivity contribution >= 4 is 11.8 Å². The molecule has 1 aromatic heterocycles. The van der Waals surface area contributed by atoms with Gasteiger partial charge in [-0.05, 0) is 19.8 Å². The average molecular weight is 320 g/mol. The number of ether oxygens (including phenoxy) is 2. The second kappa shape index (κ2) is 5.04. The van der Waals surface area contributed by atoms with Gasteiger partial charge in [-0.15, -0.1) is 0 Å². The minimum absolute atomic E-state index is 0.0124. The lowest BCUT2D eigenvalue weighted by Gasteiger charge is -2.29. The van der Waals surface area contributed by atoms with Crippen molar-refractivity contribution in [2.45, 2.75) is 30.8 Å². The van der Waals surface area contributed by atoms with Crippen LogP contribution >= 0.6 is 0 Å². The van der Waals surface area contributed by atoms with Crippen LogP contribution < -0.4 is 10.1 Å². The lowest BCUT2D eigenvalue weighted by molar-refractivity contribution is 0.0225. The smallest absolute Gasteiger partial charge is 0.345 e. The maximum Gasteiger partial charge on any atom is 0.345 e. The number of hydrogen-bond donors (Lipinski definition) is 2. The highest BCUT2D eigenvalue weighted by molar-refractivity contribution is 5.96. The zero-order valence-corrected chi connectivity index (χ0v) is 13.0. The molecule has 2 N–H and O–H groups in total. The van der Waals surface area contributed by atoms with E-state index >= 15 is 0 Å². The molecular formula is C15H20N4O4. The molecule has 0 radical (unpaired) electrons. The summed E-state index contributed by atoms with van der Waals surface area (Å²) in [5.41, 5.74) is 0.119. The van der Waals surface area contributed by atoms with Crippen LogP contribution in [0.1, 0.15) is 30.1 Å². The van der Waals surface area contributed by atoms with Crippen LogP contribution in [0.4, 0.5) is 5.82 Å². The molecule has 1 saturated heterocycles. The number of anilines is 1. The van der Waals surface area contributed by atoms with Crippen LogP contribution in [-0.2, 0) is 4.74 Å². The van der Waals surface area contributed by atoms with Gasteiger partial charge in [0.25, 0.3) is 0 Å². The molecule has 3 aliphatic rings. The molecule has 4 rings (SSSR count). The minimum Gasteiger partial charge on any atom is -0.477 e. The van der Waals surface area contributed by atoms with Crippen molar-refractivity contribution in [2.75, 3.05) is 38.2 Å². The molecule has 0 spiro atoms. The molecule has 0 amide bonds. The van der Waals surface area contributed by atoms with Gasteiger partial charge in [0.05, 0.1) is 25.4 Å². The van der Waals surface area contributed by atoms with Gasteiger partial charge in [-0.3, -0.25) is 4.90 Å². The molecule has 0 bridgehead atoms. The van der Waals surface area contributed by atoms with E-state index in [1.807, 2.05) is 0 Å². The molecule has 1 aromatic rings. The zero-order chi connectivity index (χ0) is 16.1. The summed E-state index contributed by atoms with van der Waals surface area (Å²) in [5.74, 6) is -0.609. The summed E-state index contributed by atoms with van der Waals surface area (Å²) < 4.78 is 10.7. The third-order valence-electron chi connectivity index (χ3n) is 5.11. The van der Waals surface area contributed by atoms with E-state index in [1.165, 1.54) is 6.33 Å². The van der Waals surface area contributed by atoms with Crippen LogP contribution in [0, 0.1) is 0 Å². The lowest BCUT2D eigenvalue weighted by Crippen LogP contribution is -2.41. The van der Waals surface area contributed by atoms with E-state index in [9.17, 15) is 9.90 Å². The van der Waals surface area contributed by atoms with Crippen molar-refractivity contribution in [3.63, 3.8) is 0 Å². The summed E-state index contributed by atoms with van der Waals surface area (Å²) in [7, 11) is 0. The quantitative estimate of drug-likeness (QED) is 0.786. The molecule has 2 saturated carbocycles. The van der Waals surface area contributed by atoms with E-state index in [0.29, 0.717) is 12.4 Å². The highest BCUT2D eigenvalue weighted by Crippen LogP contribution is 2.75. The summed E-state index contributed by atoms with van der Waals surface area (Å²) in [6.45, 7) is 5.55. The summed E-state index contributed by atoms with van der Waals surface area (Å²) in [6.07, 6.45) is 3.39. The summed E-state index contributed by atoms with van der Waals surface area (Å²) >= 11 is 0. The molecule has 8 heteroatoms. The first-order valence-electron chi connectivity index (χ1n) is 7.94. The van der Waals surface area contributed by atoms with Crippen molar-refractivity contribution in [3.05, 3.63) is 11.9 Å². The fourth-order valence-corrected chi connectivity index (χ4v) is 3.71. The Balaban J connectivity index is 1.55. The summed E-state index contributed by atoms with van der Waals surface area (Å²) in [6, 6.07) is 0. The maximum atomic E-state index is 11.6. The van der Waals surface area contributed by atoms with Crippen LogP contribution in [0.3, 0.4) is 0 Å². The molecular weight excluding hydrogens is 300 g/mol. The Bertz CT molecular complexity index is 638. The predicted octanol–water partition coefficient (Wildman–Crippen LogP) is 0.603. The van der Waals surface area contributed by atoms with Crippen LogP contribution in [0.5, 0.6) is 5.88 Å². The third kappa shape index (κ3) is 2.16. The minimum atomic E-state index is -1.08. The van der Waals surface area contributed by atoms with Crippen LogP contribution in [0.15, 0.2) is 6.33 Å². The normalized spacial score (nSPS) is 32.0. The Labute approximate surface area is 133 Å². The lowest BCUT2D eigenvalue weighted by atomic mass is 10.2. The van der Waals surface area contributed by atoms with Gasteiger partial charge in [0.2, 0.25) is 5.88 Å². The topological polar surface area (TPSA) is 96.8 Å². The van der Waals surface area contributed by atoms with Crippen LogP contribution in [0.2, 0.25) is 0 Å². The number of rotatable bonds is 6.